The molecule has 1 N–H and O–H groups in total. The summed E-state index contributed by atoms with van der Waals surface area (Å²) in [7, 11) is 0. The van der Waals surface area contributed by atoms with Crippen LogP contribution in [0.25, 0.3) is 0 Å². The van der Waals surface area contributed by atoms with Crippen molar-refractivity contribution in [2.75, 3.05) is 12.3 Å². The molecule has 0 radical (unpaired) electrons. The summed E-state index contributed by atoms with van der Waals surface area (Å²) in [5.41, 5.74) is 4.50. The molecule has 1 atom stereocenters. The van der Waals surface area contributed by atoms with Gasteiger partial charge in [-0.2, -0.15) is 0 Å². The molecule has 0 aliphatic rings. The van der Waals surface area contributed by atoms with E-state index in [9.17, 15) is 9.59 Å². The molecule has 3 aromatic carbocycles. The quantitative estimate of drug-likeness (QED) is 0.438. The molecule has 33 heavy (non-hydrogen) atoms. The maximum absolute atomic E-state index is 13.5. The molecule has 0 saturated carbocycles. The van der Waals surface area contributed by atoms with Crippen LogP contribution in [0.5, 0.6) is 0 Å². The second kappa shape index (κ2) is 12.9. The zero-order valence-electron chi connectivity index (χ0n) is 19.4. The Hall–Kier alpha value is -3.05. The van der Waals surface area contributed by atoms with Crippen molar-refractivity contribution in [2.45, 2.75) is 38.6 Å². The molecule has 0 bridgehead atoms. The minimum Gasteiger partial charge on any atom is -0.355 e. The molecular formula is C28H32N2O2S. The van der Waals surface area contributed by atoms with Gasteiger partial charge in [-0.25, -0.2) is 0 Å². The third-order valence-electron chi connectivity index (χ3n) is 5.56. The fraction of sp³-hybridized carbons (Fsp3) is 0.286. The molecule has 0 heterocycles. The van der Waals surface area contributed by atoms with Gasteiger partial charge in [0, 0.05) is 25.3 Å². The number of likely N-dealkylation sites (N-methyl/N-ethyl adjacent to an activating group) is 1. The lowest BCUT2D eigenvalue weighted by Crippen LogP contribution is -2.51. The monoisotopic (exact) mass is 460 g/mol. The first-order valence-corrected chi connectivity index (χ1v) is 12.5. The molecule has 0 aliphatic carbocycles. The Morgan fingerprint density at radius 1 is 0.879 bits per heavy atom. The Bertz CT molecular complexity index is 1020. The number of nitrogens with one attached hydrogen (secondary N) is 1. The van der Waals surface area contributed by atoms with Crippen LogP contribution in [-0.4, -0.2) is 35.1 Å². The Kier molecular flexibility index (Phi) is 9.58. The number of hydrogen-bond acceptors (Lipinski definition) is 3. The molecule has 3 rings (SSSR count). The van der Waals surface area contributed by atoms with Crippen molar-refractivity contribution < 1.29 is 9.59 Å². The van der Waals surface area contributed by atoms with Gasteiger partial charge in [-0.1, -0.05) is 84.9 Å². The van der Waals surface area contributed by atoms with Crippen LogP contribution in [0.4, 0.5) is 0 Å². The number of rotatable bonds is 11. The number of amides is 2. The van der Waals surface area contributed by atoms with Gasteiger partial charge in [0.1, 0.15) is 6.04 Å². The van der Waals surface area contributed by atoms with E-state index in [1.165, 1.54) is 11.1 Å². The number of aryl methyl sites for hydroxylation is 1. The van der Waals surface area contributed by atoms with E-state index in [-0.39, 0.29) is 11.8 Å². The number of nitrogens with zero attached hydrogens (tertiary/aromatic N) is 1. The highest BCUT2D eigenvalue weighted by Crippen LogP contribution is 2.19. The zero-order valence-corrected chi connectivity index (χ0v) is 20.2. The topological polar surface area (TPSA) is 49.4 Å². The first-order valence-electron chi connectivity index (χ1n) is 11.4. The normalized spacial score (nSPS) is 11.6. The first-order chi connectivity index (χ1) is 16.1. The Balaban J connectivity index is 1.81. The van der Waals surface area contributed by atoms with Gasteiger partial charge in [0.2, 0.25) is 11.8 Å². The van der Waals surface area contributed by atoms with Crippen LogP contribution < -0.4 is 5.32 Å². The molecule has 0 unspecified atom stereocenters. The first kappa shape index (κ1) is 24.6. The van der Waals surface area contributed by atoms with Crippen LogP contribution in [0.2, 0.25) is 0 Å². The molecule has 172 valence electrons. The van der Waals surface area contributed by atoms with Gasteiger partial charge < -0.3 is 10.2 Å². The largest absolute Gasteiger partial charge is 0.355 e. The standard InChI is InChI=1S/C28H32N2O2S/c1-3-29-28(32)26(18-23-13-6-4-7-14-23)30(19-24-15-8-5-9-16-24)27(31)21-33-20-25-17-11-10-12-22(25)2/h4-17,26H,3,18-21H2,1-2H3,(H,29,32)/t26-/m0/s1. The van der Waals surface area contributed by atoms with Gasteiger partial charge in [0.15, 0.2) is 0 Å². The average Bonchev–Trinajstić information content (AvgIpc) is 2.84. The SMILES string of the molecule is CCNC(=O)[C@H](Cc1ccccc1)N(Cc1ccccc1)C(=O)CSCc1ccccc1C. The summed E-state index contributed by atoms with van der Waals surface area (Å²) in [5, 5.41) is 2.94. The molecular weight excluding hydrogens is 428 g/mol. The summed E-state index contributed by atoms with van der Waals surface area (Å²) in [6.45, 7) is 4.92. The third kappa shape index (κ3) is 7.50. The van der Waals surface area contributed by atoms with Crippen LogP contribution in [-0.2, 0) is 28.3 Å². The highest BCUT2D eigenvalue weighted by Gasteiger charge is 2.30. The van der Waals surface area contributed by atoms with Gasteiger partial charge in [-0.15, -0.1) is 11.8 Å². The number of benzene rings is 3. The van der Waals surface area contributed by atoms with E-state index in [1.807, 2.05) is 79.7 Å². The molecule has 2 amide bonds. The average molecular weight is 461 g/mol. The summed E-state index contributed by atoms with van der Waals surface area (Å²) in [6.07, 6.45) is 0.480. The lowest BCUT2D eigenvalue weighted by atomic mass is 10.0. The van der Waals surface area contributed by atoms with Crippen LogP contribution in [0, 0.1) is 6.92 Å². The summed E-state index contributed by atoms with van der Waals surface area (Å²) in [4.78, 5) is 28.3. The Morgan fingerprint density at radius 2 is 1.48 bits per heavy atom. The fourth-order valence-corrected chi connectivity index (χ4v) is 4.72. The van der Waals surface area contributed by atoms with E-state index in [0.29, 0.717) is 25.3 Å². The van der Waals surface area contributed by atoms with E-state index in [2.05, 4.69) is 24.4 Å². The smallest absolute Gasteiger partial charge is 0.243 e. The van der Waals surface area contributed by atoms with Gasteiger partial charge in [-0.3, -0.25) is 9.59 Å². The number of carbonyl (C=O) groups is 2. The van der Waals surface area contributed by atoms with Crippen molar-refractivity contribution in [3.8, 4) is 0 Å². The van der Waals surface area contributed by atoms with Crippen LogP contribution in [0.3, 0.4) is 0 Å². The number of carbonyl (C=O) groups excluding carboxylic acids is 2. The summed E-state index contributed by atoms with van der Waals surface area (Å²) in [5.74, 6) is 0.952. The zero-order chi connectivity index (χ0) is 23.5. The minimum atomic E-state index is -0.570. The van der Waals surface area contributed by atoms with E-state index < -0.39 is 6.04 Å². The van der Waals surface area contributed by atoms with Gasteiger partial charge in [0.25, 0.3) is 0 Å². The molecule has 4 nitrogen and oxygen atoms in total. The van der Waals surface area contributed by atoms with Gasteiger partial charge in [-0.05, 0) is 36.1 Å². The van der Waals surface area contributed by atoms with E-state index in [1.54, 1.807) is 16.7 Å². The van der Waals surface area contributed by atoms with Crippen molar-refractivity contribution in [3.63, 3.8) is 0 Å². The van der Waals surface area contributed by atoms with Crippen LogP contribution in [0.1, 0.15) is 29.2 Å². The fourth-order valence-electron chi connectivity index (χ4n) is 3.73. The van der Waals surface area contributed by atoms with Crippen molar-refractivity contribution in [2.24, 2.45) is 0 Å². The third-order valence-corrected chi connectivity index (χ3v) is 6.53. The molecule has 0 fully saturated rings. The van der Waals surface area contributed by atoms with E-state index >= 15 is 0 Å². The molecule has 0 aromatic heterocycles. The number of thioether (sulfide) groups is 1. The summed E-state index contributed by atoms with van der Waals surface area (Å²) < 4.78 is 0. The molecule has 0 saturated heterocycles. The minimum absolute atomic E-state index is 0.0235. The molecule has 0 spiro atoms. The summed E-state index contributed by atoms with van der Waals surface area (Å²) >= 11 is 1.59. The Labute approximate surface area is 201 Å². The van der Waals surface area contributed by atoms with Crippen LogP contribution in [0.15, 0.2) is 84.9 Å². The predicted octanol–water partition coefficient (Wildman–Crippen LogP) is 5.00. The lowest BCUT2D eigenvalue weighted by Gasteiger charge is -2.31. The highest BCUT2D eigenvalue weighted by molar-refractivity contribution is 7.99. The molecule has 5 heteroatoms. The van der Waals surface area contributed by atoms with Crippen molar-refractivity contribution in [1.82, 2.24) is 10.2 Å². The van der Waals surface area contributed by atoms with Crippen molar-refractivity contribution >= 4 is 23.6 Å². The predicted molar refractivity (Wildman–Crippen MR) is 137 cm³/mol. The van der Waals surface area contributed by atoms with E-state index in [0.717, 1.165) is 16.9 Å². The molecule has 0 aliphatic heterocycles. The van der Waals surface area contributed by atoms with Crippen molar-refractivity contribution in [3.05, 3.63) is 107 Å². The van der Waals surface area contributed by atoms with Gasteiger partial charge >= 0.3 is 0 Å². The van der Waals surface area contributed by atoms with E-state index in [4.69, 9.17) is 0 Å². The highest BCUT2D eigenvalue weighted by atomic mass is 32.2. The van der Waals surface area contributed by atoms with Crippen molar-refractivity contribution in [1.29, 1.82) is 0 Å². The molecule has 3 aromatic rings. The Morgan fingerprint density at radius 3 is 2.12 bits per heavy atom. The maximum atomic E-state index is 13.5. The van der Waals surface area contributed by atoms with Gasteiger partial charge in [0.05, 0.1) is 5.75 Å². The second-order valence-electron chi connectivity index (χ2n) is 8.03. The second-order valence-corrected chi connectivity index (χ2v) is 9.01. The summed E-state index contributed by atoms with van der Waals surface area (Å²) in [6, 6.07) is 27.4. The number of hydrogen-bond donors (Lipinski definition) is 1. The lowest BCUT2D eigenvalue weighted by molar-refractivity contribution is -0.139. The van der Waals surface area contributed by atoms with Crippen LogP contribution >= 0.6 is 11.8 Å². The maximum Gasteiger partial charge on any atom is 0.243 e.